The molecule has 0 aliphatic heterocycles. The highest BCUT2D eigenvalue weighted by molar-refractivity contribution is 7.51. The smallest absolute Gasteiger partial charge is 0.325 e. The average Bonchev–Trinajstić information content (AvgIpc) is 1.83. The molecule has 1 atom stereocenters. The molecule has 0 saturated heterocycles. The molecule has 6 heteroatoms. The maximum absolute atomic E-state index is 10.5. The van der Waals surface area contributed by atoms with E-state index < -0.39 is 13.6 Å². The second kappa shape index (κ2) is 5.30. The van der Waals surface area contributed by atoms with Crippen LogP contribution in [0.3, 0.4) is 0 Å². The van der Waals surface area contributed by atoms with Crippen LogP contribution in [-0.2, 0) is 13.9 Å². The quantitative estimate of drug-likeness (QED) is 0.490. The van der Waals surface area contributed by atoms with E-state index in [0.29, 0.717) is 12.8 Å². The standard InChI is InChI=1S/C6H13O5P/c1-12(9,10)11-5-3-2-4-6(7)8/h2-5H2,1H3,(H,7,8)(H,9,10). The number of carbonyl (C=O) groups is 1. The zero-order chi connectivity index (χ0) is 9.61. The molecule has 0 radical (unpaired) electrons. The molecule has 0 fully saturated rings. The SMILES string of the molecule is CP(=O)(O)OCCCCC(=O)O. The Bertz CT molecular complexity index is 184. The first kappa shape index (κ1) is 11.6. The highest BCUT2D eigenvalue weighted by Gasteiger charge is 2.08. The molecule has 0 heterocycles. The first-order valence-electron chi connectivity index (χ1n) is 3.58. The van der Waals surface area contributed by atoms with Crippen LogP contribution in [0.25, 0.3) is 0 Å². The van der Waals surface area contributed by atoms with Crippen LogP contribution in [0.15, 0.2) is 0 Å². The summed E-state index contributed by atoms with van der Waals surface area (Å²) in [6, 6.07) is 0. The summed E-state index contributed by atoms with van der Waals surface area (Å²) in [5, 5.41) is 8.23. The summed E-state index contributed by atoms with van der Waals surface area (Å²) < 4.78 is 15.1. The fourth-order valence-corrected chi connectivity index (χ4v) is 1.08. The van der Waals surface area contributed by atoms with Gasteiger partial charge in [-0.2, -0.15) is 0 Å². The van der Waals surface area contributed by atoms with Crippen LogP contribution in [0, 0.1) is 0 Å². The Morgan fingerprint density at radius 3 is 2.50 bits per heavy atom. The van der Waals surface area contributed by atoms with Gasteiger partial charge in [-0.25, -0.2) is 0 Å². The monoisotopic (exact) mass is 196 g/mol. The summed E-state index contributed by atoms with van der Waals surface area (Å²) in [6.07, 6.45) is 1.03. The third-order valence-electron chi connectivity index (χ3n) is 1.12. The summed E-state index contributed by atoms with van der Waals surface area (Å²) in [7, 11) is -3.38. The Morgan fingerprint density at radius 1 is 1.50 bits per heavy atom. The molecule has 12 heavy (non-hydrogen) atoms. The van der Waals surface area contributed by atoms with Crippen LogP contribution in [0.2, 0.25) is 0 Å². The van der Waals surface area contributed by atoms with Crippen molar-refractivity contribution in [2.24, 2.45) is 0 Å². The molecule has 0 saturated carbocycles. The number of hydrogen-bond acceptors (Lipinski definition) is 3. The minimum Gasteiger partial charge on any atom is -0.481 e. The van der Waals surface area contributed by atoms with Gasteiger partial charge in [0.1, 0.15) is 0 Å². The maximum atomic E-state index is 10.5. The van der Waals surface area contributed by atoms with Gasteiger partial charge in [0, 0.05) is 13.1 Å². The fraction of sp³-hybridized carbons (Fsp3) is 0.833. The van der Waals surface area contributed by atoms with Crippen molar-refractivity contribution >= 4 is 13.6 Å². The predicted octanol–water partition coefficient (Wildman–Crippen LogP) is 1.07. The summed E-state index contributed by atoms with van der Waals surface area (Å²) >= 11 is 0. The minimum atomic E-state index is -3.38. The van der Waals surface area contributed by atoms with E-state index in [1.807, 2.05) is 0 Å². The molecule has 0 aromatic rings. The molecule has 0 aromatic heterocycles. The van der Waals surface area contributed by atoms with E-state index in [1.165, 1.54) is 0 Å². The topological polar surface area (TPSA) is 83.8 Å². The van der Waals surface area contributed by atoms with Gasteiger partial charge in [0.15, 0.2) is 0 Å². The molecular weight excluding hydrogens is 183 g/mol. The van der Waals surface area contributed by atoms with Crippen LogP contribution < -0.4 is 0 Å². The van der Waals surface area contributed by atoms with E-state index in [4.69, 9.17) is 10.00 Å². The molecule has 72 valence electrons. The predicted molar refractivity (Wildman–Crippen MR) is 43.2 cm³/mol. The molecular formula is C6H13O5P. The third kappa shape index (κ3) is 9.62. The Balaban J connectivity index is 3.23. The Kier molecular flexibility index (Phi) is 5.13. The molecule has 0 aliphatic carbocycles. The van der Waals surface area contributed by atoms with Gasteiger partial charge in [-0.15, -0.1) is 0 Å². The van der Waals surface area contributed by atoms with Crippen molar-refractivity contribution in [1.82, 2.24) is 0 Å². The molecule has 0 amide bonds. The Labute approximate surface area is 70.9 Å². The van der Waals surface area contributed by atoms with Gasteiger partial charge in [-0.1, -0.05) is 0 Å². The number of carboxylic acid groups (broad SMARTS) is 1. The molecule has 0 rings (SSSR count). The number of rotatable bonds is 6. The average molecular weight is 196 g/mol. The minimum absolute atomic E-state index is 0.0722. The van der Waals surface area contributed by atoms with Gasteiger partial charge in [-0.05, 0) is 12.8 Å². The second-order valence-corrected chi connectivity index (χ2v) is 4.35. The molecule has 5 nitrogen and oxygen atoms in total. The molecule has 1 unspecified atom stereocenters. The highest BCUT2D eigenvalue weighted by Crippen LogP contribution is 2.36. The van der Waals surface area contributed by atoms with Gasteiger partial charge in [0.05, 0.1) is 6.61 Å². The second-order valence-electron chi connectivity index (χ2n) is 2.49. The van der Waals surface area contributed by atoms with Crippen molar-refractivity contribution in [3.05, 3.63) is 0 Å². The van der Waals surface area contributed by atoms with E-state index in [1.54, 1.807) is 0 Å². The number of aliphatic carboxylic acids is 1. The Hall–Kier alpha value is -0.380. The maximum Gasteiger partial charge on any atom is 0.325 e. The van der Waals surface area contributed by atoms with Crippen molar-refractivity contribution in [3.8, 4) is 0 Å². The summed E-state index contributed by atoms with van der Waals surface area (Å²) in [5.74, 6) is -0.862. The lowest BCUT2D eigenvalue weighted by Gasteiger charge is -2.05. The first-order chi connectivity index (χ1) is 5.42. The van der Waals surface area contributed by atoms with Crippen LogP contribution in [-0.4, -0.2) is 29.2 Å². The molecule has 0 spiro atoms. The van der Waals surface area contributed by atoms with Crippen molar-refractivity contribution in [1.29, 1.82) is 0 Å². The lowest BCUT2D eigenvalue weighted by atomic mass is 10.2. The number of unbranched alkanes of at least 4 members (excludes halogenated alkanes) is 1. The largest absolute Gasteiger partial charge is 0.481 e. The van der Waals surface area contributed by atoms with Crippen LogP contribution in [0.1, 0.15) is 19.3 Å². The van der Waals surface area contributed by atoms with Crippen LogP contribution in [0.4, 0.5) is 0 Å². The van der Waals surface area contributed by atoms with Gasteiger partial charge in [0.25, 0.3) is 0 Å². The zero-order valence-corrected chi connectivity index (χ0v) is 7.79. The van der Waals surface area contributed by atoms with Crippen molar-refractivity contribution in [3.63, 3.8) is 0 Å². The number of carboxylic acids is 1. The van der Waals surface area contributed by atoms with Crippen molar-refractivity contribution in [2.75, 3.05) is 13.3 Å². The molecule has 0 bridgehead atoms. The lowest BCUT2D eigenvalue weighted by Crippen LogP contribution is -1.97. The van der Waals surface area contributed by atoms with Gasteiger partial charge >= 0.3 is 13.6 Å². The van der Waals surface area contributed by atoms with E-state index in [0.717, 1.165) is 6.66 Å². The fourth-order valence-electron chi connectivity index (χ4n) is 0.612. The summed E-state index contributed by atoms with van der Waals surface area (Å²) in [6.45, 7) is 1.24. The van der Waals surface area contributed by atoms with Crippen molar-refractivity contribution in [2.45, 2.75) is 19.3 Å². The van der Waals surface area contributed by atoms with Gasteiger partial charge < -0.3 is 14.5 Å². The summed E-state index contributed by atoms with van der Waals surface area (Å²) in [5.41, 5.74) is 0. The van der Waals surface area contributed by atoms with E-state index >= 15 is 0 Å². The van der Waals surface area contributed by atoms with E-state index in [9.17, 15) is 9.36 Å². The van der Waals surface area contributed by atoms with Gasteiger partial charge in [0.2, 0.25) is 0 Å². The molecule has 0 aliphatic rings. The van der Waals surface area contributed by atoms with Crippen LogP contribution in [0.5, 0.6) is 0 Å². The van der Waals surface area contributed by atoms with E-state index in [2.05, 4.69) is 4.52 Å². The molecule has 2 N–H and O–H groups in total. The number of hydrogen-bond donors (Lipinski definition) is 2. The van der Waals surface area contributed by atoms with E-state index in [-0.39, 0.29) is 13.0 Å². The normalized spacial score (nSPS) is 15.5. The van der Waals surface area contributed by atoms with Crippen LogP contribution >= 0.6 is 7.60 Å². The molecule has 0 aromatic carbocycles. The third-order valence-corrected chi connectivity index (χ3v) is 1.78. The zero-order valence-electron chi connectivity index (χ0n) is 6.89. The Morgan fingerprint density at radius 2 is 2.08 bits per heavy atom. The highest BCUT2D eigenvalue weighted by atomic mass is 31.2. The van der Waals surface area contributed by atoms with Crippen molar-refractivity contribution < 1.29 is 23.9 Å². The lowest BCUT2D eigenvalue weighted by molar-refractivity contribution is -0.137. The first-order valence-corrected chi connectivity index (χ1v) is 5.61. The van der Waals surface area contributed by atoms with Gasteiger partial charge in [-0.3, -0.25) is 9.36 Å². The summed E-state index contributed by atoms with van der Waals surface area (Å²) in [4.78, 5) is 18.7.